The summed E-state index contributed by atoms with van der Waals surface area (Å²) in [7, 11) is 0. The van der Waals surface area contributed by atoms with Crippen molar-refractivity contribution in [1.82, 2.24) is 14.5 Å². The lowest BCUT2D eigenvalue weighted by atomic mass is 9.90. The van der Waals surface area contributed by atoms with Crippen LogP contribution in [0, 0.1) is 5.82 Å². The van der Waals surface area contributed by atoms with Gasteiger partial charge in [0, 0.05) is 30.6 Å². The zero-order valence-electron chi connectivity index (χ0n) is 16.5. The highest BCUT2D eigenvalue weighted by Crippen LogP contribution is 2.43. The zero-order chi connectivity index (χ0) is 21.6. The van der Waals surface area contributed by atoms with Gasteiger partial charge in [0.15, 0.2) is 5.79 Å². The van der Waals surface area contributed by atoms with E-state index < -0.39 is 17.7 Å². The van der Waals surface area contributed by atoms with Gasteiger partial charge < -0.3 is 19.1 Å². The summed E-state index contributed by atoms with van der Waals surface area (Å²) in [5, 5.41) is 11.8. The van der Waals surface area contributed by atoms with Crippen LogP contribution in [0.25, 0.3) is 22.2 Å². The summed E-state index contributed by atoms with van der Waals surface area (Å²) in [5.41, 5.74) is 1.81. The Bertz CT molecular complexity index is 1150. The molecule has 2 aromatic heterocycles. The molecule has 2 aliphatic rings. The van der Waals surface area contributed by atoms with Crippen LogP contribution in [0.4, 0.5) is 14.9 Å². The number of ether oxygens (including phenoxy) is 2. The predicted molar refractivity (Wildman–Crippen MR) is 112 cm³/mol. The second-order valence-corrected chi connectivity index (χ2v) is 8.13. The van der Waals surface area contributed by atoms with E-state index >= 15 is 0 Å². The molecule has 3 aromatic rings. The number of fused-ring (bicyclic) bond motifs is 1. The Morgan fingerprint density at radius 2 is 2.00 bits per heavy atom. The molecule has 8 nitrogen and oxygen atoms in total. The van der Waals surface area contributed by atoms with Gasteiger partial charge in [-0.25, -0.2) is 19.2 Å². The summed E-state index contributed by atoms with van der Waals surface area (Å²) in [6, 6.07) is 4.48. The van der Waals surface area contributed by atoms with Gasteiger partial charge in [-0.2, -0.15) is 0 Å². The Labute approximate surface area is 182 Å². The van der Waals surface area contributed by atoms with Crippen LogP contribution in [0.3, 0.4) is 0 Å². The smallest absolute Gasteiger partial charge is 0.409 e. The van der Waals surface area contributed by atoms with Gasteiger partial charge >= 0.3 is 6.09 Å². The molecule has 0 radical (unpaired) electrons. The molecule has 5 rings (SSSR count). The van der Waals surface area contributed by atoms with Crippen molar-refractivity contribution in [3.8, 4) is 11.1 Å². The standard InChI is InChI=1S/C21H20ClFN4O4/c22-18-17-14(12-1-2-16(15(23)9-12)26-20(28)29)10-27(19(17)25-11-24-18)13-3-5-21(6-4-13)30-7-8-31-21/h1-2,9-11,13,26H,3-8H2,(H,28,29). The molecule has 1 aliphatic carbocycles. The van der Waals surface area contributed by atoms with Gasteiger partial charge in [0.05, 0.1) is 24.3 Å². The fraction of sp³-hybridized carbons (Fsp3) is 0.381. The Kier molecular flexibility index (Phi) is 5.04. The molecule has 162 valence electrons. The minimum atomic E-state index is -1.33. The third kappa shape index (κ3) is 3.62. The average Bonchev–Trinajstić information content (AvgIpc) is 3.36. The SMILES string of the molecule is O=C(O)Nc1ccc(-c2cn(C3CCC4(CC3)OCCO4)c3ncnc(Cl)c23)cc1F. The van der Waals surface area contributed by atoms with Crippen LogP contribution in [0.5, 0.6) is 0 Å². The van der Waals surface area contributed by atoms with Crippen LogP contribution >= 0.6 is 11.6 Å². The summed E-state index contributed by atoms with van der Waals surface area (Å²) in [4.78, 5) is 19.4. The molecular formula is C21H20ClFN4O4. The molecule has 1 saturated heterocycles. The normalized spacial score (nSPS) is 18.6. The number of hydrogen-bond donors (Lipinski definition) is 2. The third-order valence-corrected chi connectivity index (χ3v) is 6.30. The Balaban J connectivity index is 1.53. The molecule has 1 spiro atoms. The number of hydrogen-bond acceptors (Lipinski definition) is 5. The van der Waals surface area contributed by atoms with E-state index in [0.29, 0.717) is 35.4 Å². The highest BCUT2D eigenvalue weighted by atomic mass is 35.5. The van der Waals surface area contributed by atoms with Crippen molar-refractivity contribution in [3.63, 3.8) is 0 Å². The summed E-state index contributed by atoms with van der Waals surface area (Å²) in [5.74, 6) is -1.14. The molecule has 0 atom stereocenters. The van der Waals surface area contributed by atoms with Crippen LogP contribution in [0.2, 0.25) is 5.15 Å². The van der Waals surface area contributed by atoms with Crippen molar-refractivity contribution in [1.29, 1.82) is 0 Å². The lowest BCUT2D eigenvalue weighted by molar-refractivity contribution is -0.181. The van der Waals surface area contributed by atoms with Gasteiger partial charge in [0.25, 0.3) is 0 Å². The van der Waals surface area contributed by atoms with E-state index in [0.717, 1.165) is 25.7 Å². The monoisotopic (exact) mass is 446 g/mol. The van der Waals surface area contributed by atoms with Crippen LogP contribution in [0.15, 0.2) is 30.7 Å². The Morgan fingerprint density at radius 1 is 1.26 bits per heavy atom. The molecule has 2 N–H and O–H groups in total. The number of carbonyl (C=O) groups is 1. The van der Waals surface area contributed by atoms with Gasteiger partial charge in [-0.05, 0) is 30.5 Å². The van der Waals surface area contributed by atoms with E-state index in [4.69, 9.17) is 26.2 Å². The number of benzene rings is 1. The summed E-state index contributed by atoms with van der Waals surface area (Å²) >= 11 is 6.41. The van der Waals surface area contributed by atoms with E-state index in [1.807, 2.05) is 11.5 Å². The number of aromatic nitrogens is 3. The van der Waals surface area contributed by atoms with Gasteiger partial charge in [0.1, 0.15) is 22.9 Å². The molecule has 1 amide bonds. The quantitative estimate of drug-likeness (QED) is 0.558. The van der Waals surface area contributed by atoms with Gasteiger partial charge in [-0.15, -0.1) is 0 Å². The maximum atomic E-state index is 14.5. The first kappa shape index (κ1) is 20.2. The molecule has 2 fully saturated rings. The number of halogens is 2. The topological polar surface area (TPSA) is 98.5 Å². The van der Waals surface area contributed by atoms with Gasteiger partial charge in [-0.1, -0.05) is 17.7 Å². The molecule has 1 aromatic carbocycles. The highest BCUT2D eigenvalue weighted by molar-refractivity contribution is 6.35. The predicted octanol–water partition coefficient (Wildman–Crippen LogP) is 4.84. The fourth-order valence-corrected chi connectivity index (χ4v) is 4.78. The second-order valence-electron chi connectivity index (χ2n) is 7.78. The maximum absolute atomic E-state index is 14.5. The van der Waals surface area contributed by atoms with E-state index in [1.54, 1.807) is 6.07 Å². The zero-order valence-corrected chi connectivity index (χ0v) is 17.2. The maximum Gasteiger partial charge on any atom is 0.409 e. The van der Waals surface area contributed by atoms with Crippen molar-refractivity contribution in [2.24, 2.45) is 0 Å². The van der Waals surface area contributed by atoms with E-state index in [-0.39, 0.29) is 16.9 Å². The Morgan fingerprint density at radius 3 is 2.68 bits per heavy atom. The number of rotatable bonds is 3. The minimum absolute atomic E-state index is 0.114. The average molecular weight is 447 g/mol. The largest absolute Gasteiger partial charge is 0.465 e. The number of carboxylic acid groups (broad SMARTS) is 1. The lowest BCUT2D eigenvalue weighted by Gasteiger charge is -2.36. The van der Waals surface area contributed by atoms with Crippen LogP contribution in [-0.2, 0) is 9.47 Å². The van der Waals surface area contributed by atoms with Gasteiger partial charge in [-0.3, -0.25) is 5.32 Å². The van der Waals surface area contributed by atoms with Crippen molar-refractivity contribution < 1.29 is 23.8 Å². The molecule has 1 saturated carbocycles. The molecular weight excluding hydrogens is 427 g/mol. The lowest BCUT2D eigenvalue weighted by Crippen LogP contribution is -2.35. The Hall–Kier alpha value is -2.75. The minimum Gasteiger partial charge on any atom is -0.465 e. The van der Waals surface area contributed by atoms with E-state index in [2.05, 4.69) is 14.5 Å². The van der Waals surface area contributed by atoms with Crippen LogP contribution in [0.1, 0.15) is 31.7 Å². The summed E-state index contributed by atoms with van der Waals surface area (Å²) in [6.45, 7) is 1.25. The molecule has 0 bridgehead atoms. The molecule has 0 unspecified atom stereocenters. The fourth-order valence-electron chi connectivity index (χ4n) is 4.55. The first-order valence-corrected chi connectivity index (χ1v) is 10.4. The molecule has 31 heavy (non-hydrogen) atoms. The third-order valence-electron chi connectivity index (χ3n) is 6.01. The second kappa shape index (κ2) is 7.74. The molecule has 1 aliphatic heterocycles. The van der Waals surface area contributed by atoms with E-state index in [1.165, 1.54) is 18.5 Å². The number of amides is 1. The van der Waals surface area contributed by atoms with Gasteiger partial charge in [0.2, 0.25) is 0 Å². The van der Waals surface area contributed by atoms with E-state index in [9.17, 15) is 9.18 Å². The highest BCUT2D eigenvalue weighted by Gasteiger charge is 2.41. The summed E-state index contributed by atoms with van der Waals surface area (Å²) < 4.78 is 28.2. The van der Waals surface area contributed by atoms with Crippen molar-refractivity contribution in [2.75, 3.05) is 18.5 Å². The number of nitrogens with zero attached hydrogens (tertiary/aromatic N) is 3. The number of nitrogens with one attached hydrogen (secondary N) is 1. The molecule has 10 heteroatoms. The first-order chi connectivity index (χ1) is 15.0. The van der Waals surface area contributed by atoms with Crippen LogP contribution in [-0.4, -0.2) is 44.7 Å². The van der Waals surface area contributed by atoms with Crippen molar-refractivity contribution in [2.45, 2.75) is 37.5 Å². The van der Waals surface area contributed by atoms with Crippen molar-refractivity contribution in [3.05, 3.63) is 41.7 Å². The van der Waals surface area contributed by atoms with Crippen LogP contribution < -0.4 is 5.32 Å². The molecule has 3 heterocycles. The van der Waals surface area contributed by atoms with Crippen molar-refractivity contribution >= 4 is 34.4 Å². The summed E-state index contributed by atoms with van der Waals surface area (Å²) in [6.07, 6.45) is 5.28. The first-order valence-electron chi connectivity index (χ1n) is 10.0. The number of anilines is 1.